The first kappa shape index (κ1) is 24.5. The Bertz CT molecular complexity index is 1340. The molecule has 0 saturated heterocycles. The van der Waals surface area contributed by atoms with Crippen molar-refractivity contribution in [2.75, 3.05) is 32.1 Å². The number of nitrogens with zero attached hydrogens (tertiary/aromatic N) is 2. The van der Waals surface area contributed by atoms with E-state index in [4.69, 9.17) is 9.47 Å². The minimum absolute atomic E-state index is 0.197. The standard InChI is InChI=1S/C29H29FN4O3/c1-34(18-20-5-3-2-4-6-20)11-12-36-28-15-21(24-16-31-32-17-24)7-9-26(28)33-29(35)23-13-22-14-25(30)8-10-27(22)37-19-23/h2-10,14-17,23H,11-13,18-19H2,1H3,(H,31,32)(H,33,35). The summed E-state index contributed by atoms with van der Waals surface area (Å²) in [6, 6.07) is 20.3. The molecule has 1 aliphatic rings. The summed E-state index contributed by atoms with van der Waals surface area (Å²) in [6.07, 6.45) is 3.95. The molecule has 0 radical (unpaired) electrons. The van der Waals surface area contributed by atoms with Crippen LogP contribution in [0, 0.1) is 11.7 Å². The van der Waals surface area contributed by atoms with E-state index in [-0.39, 0.29) is 18.3 Å². The molecule has 0 bridgehead atoms. The number of aromatic nitrogens is 2. The van der Waals surface area contributed by atoms with Gasteiger partial charge in [0.25, 0.3) is 0 Å². The Labute approximate surface area is 215 Å². The fourth-order valence-electron chi connectivity index (χ4n) is 4.39. The minimum atomic E-state index is -0.437. The van der Waals surface area contributed by atoms with Gasteiger partial charge in [-0.05, 0) is 60.5 Å². The minimum Gasteiger partial charge on any atom is -0.492 e. The van der Waals surface area contributed by atoms with Crippen LogP contribution in [0.2, 0.25) is 0 Å². The number of likely N-dealkylation sites (N-methyl/N-ethyl adjacent to an activating group) is 1. The number of nitrogens with one attached hydrogen (secondary N) is 2. The lowest BCUT2D eigenvalue weighted by Gasteiger charge is -2.25. The summed E-state index contributed by atoms with van der Waals surface area (Å²) < 4.78 is 25.6. The third kappa shape index (κ3) is 6.16. The van der Waals surface area contributed by atoms with Crippen molar-refractivity contribution in [2.24, 2.45) is 5.92 Å². The maximum atomic E-state index is 13.7. The van der Waals surface area contributed by atoms with Crippen molar-refractivity contribution in [1.29, 1.82) is 0 Å². The van der Waals surface area contributed by atoms with Crippen molar-refractivity contribution >= 4 is 11.6 Å². The summed E-state index contributed by atoms with van der Waals surface area (Å²) in [6.45, 7) is 2.20. The molecule has 0 saturated carbocycles. The van der Waals surface area contributed by atoms with Crippen molar-refractivity contribution in [2.45, 2.75) is 13.0 Å². The summed E-state index contributed by atoms with van der Waals surface area (Å²) in [5.74, 6) is 0.220. The highest BCUT2D eigenvalue weighted by molar-refractivity contribution is 5.95. The number of carbonyl (C=O) groups excluding carboxylic acids is 1. The molecule has 2 N–H and O–H groups in total. The lowest BCUT2D eigenvalue weighted by atomic mass is 9.95. The van der Waals surface area contributed by atoms with E-state index in [9.17, 15) is 9.18 Å². The van der Waals surface area contributed by atoms with Gasteiger partial charge in [-0.3, -0.25) is 14.8 Å². The van der Waals surface area contributed by atoms with Gasteiger partial charge in [0, 0.05) is 24.8 Å². The molecule has 1 aliphatic heterocycles. The number of fused-ring (bicyclic) bond motifs is 1. The summed E-state index contributed by atoms with van der Waals surface area (Å²) in [5.41, 5.74) is 4.34. The van der Waals surface area contributed by atoms with Crippen LogP contribution in [-0.2, 0) is 17.8 Å². The van der Waals surface area contributed by atoms with Gasteiger partial charge in [-0.25, -0.2) is 4.39 Å². The summed E-state index contributed by atoms with van der Waals surface area (Å²) in [7, 11) is 2.05. The van der Waals surface area contributed by atoms with Crippen molar-refractivity contribution < 1.29 is 18.7 Å². The van der Waals surface area contributed by atoms with Crippen LogP contribution in [0.5, 0.6) is 11.5 Å². The van der Waals surface area contributed by atoms with Gasteiger partial charge in [-0.15, -0.1) is 0 Å². The first-order chi connectivity index (χ1) is 18.0. The van der Waals surface area contributed by atoms with Gasteiger partial charge in [0.1, 0.15) is 30.5 Å². The highest BCUT2D eigenvalue weighted by atomic mass is 19.1. The van der Waals surface area contributed by atoms with Crippen LogP contribution in [0.25, 0.3) is 11.1 Å². The molecule has 0 spiro atoms. The van der Waals surface area contributed by atoms with Gasteiger partial charge in [0.2, 0.25) is 5.91 Å². The number of hydrogen-bond donors (Lipinski definition) is 2. The number of H-pyrrole nitrogens is 1. The van der Waals surface area contributed by atoms with Crippen molar-refractivity contribution in [1.82, 2.24) is 15.1 Å². The fourth-order valence-corrected chi connectivity index (χ4v) is 4.39. The molecule has 2 heterocycles. The number of hydrogen-bond acceptors (Lipinski definition) is 5. The highest BCUT2D eigenvalue weighted by Gasteiger charge is 2.27. The molecule has 1 atom stereocenters. The molecule has 7 nitrogen and oxygen atoms in total. The molecule has 1 unspecified atom stereocenters. The van der Waals surface area contributed by atoms with Crippen LogP contribution in [-0.4, -0.2) is 47.8 Å². The summed E-state index contributed by atoms with van der Waals surface area (Å²) in [4.78, 5) is 15.3. The number of carbonyl (C=O) groups is 1. The fraction of sp³-hybridized carbons (Fsp3) is 0.241. The van der Waals surface area contributed by atoms with Crippen LogP contribution in [0.15, 0.2) is 79.1 Å². The predicted molar refractivity (Wildman–Crippen MR) is 140 cm³/mol. The molecule has 37 heavy (non-hydrogen) atoms. The van der Waals surface area contributed by atoms with Gasteiger partial charge in [0.05, 0.1) is 17.8 Å². The van der Waals surface area contributed by atoms with Gasteiger partial charge >= 0.3 is 0 Å². The van der Waals surface area contributed by atoms with Crippen LogP contribution in [0.1, 0.15) is 11.1 Å². The molecule has 8 heteroatoms. The molecule has 1 aromatic heterocycles. The van der Waals surface area contributed by atoms with Gasteiger partial charge in [0.15, 0.2) is 0 Å². The Morgan fingerprint density at radius 3 is 2.84 bits per heavy atom. The van der Waals surface area contributed by atoms with E-state index in [0.29, 0.717) is 42.3 Å². The van der Waals surface area contributed by atoms with Gasteiger partial charge < -0.3 is 14.8 Å². The Kier molecular flexibility index (Phi) is 7.46. The highest BCUT2D eigenvalue weighted by Crippen LogP contribution is 2.33. The van der Waals surface area contributed by atoms with Gasteiger partial charge in [-0.1, -0.05) is 36.4 Å². The van der Waals surface area contributed by atoms with E-state index in [1.54, 1.807) is 18.5 Å². The first-order valence-corrected chi connectivity index (χ1v) is 12.3. The molecule has 1 amide bonds. The molecule has 0 fully saturated rings. The maximum absolute atomic E-state index is 13.7. The zero-order chi connectivity index (χ0) is 25.6. The van der Waals surface area contributed by atoms with Crippen molar-refractivity contribution in [3.63, 3.8) is 0 Å². The number of aromatic amines is 1. The normalized spacial score (nSPS) is 14.6. The van der Waals surface area contributed by atoms with Gasteiger partial charge in [-0.2, -0.15) is 5.10 Å². The van der Waals surface area contributed by atoms with E-state index < -0.39 is 5.92 Å². The number of ether oxygens (including phenoxy) is 2. The average molecular weight is 501 g/mol. The molecule has 4 aromatic rings. The summed E-state index contributed by atoms with van der Waals surface area (Å²) >= 11 is 0. The Balaban J connectivity index is 1.27. The molecule has 5 rings (SSSR count). The van der Waals surface area contributed by atoms with E-state index in [0.717, 1.165) is 17.7 Å². The third-order valence-electron chi connectivity index (χ3n) is 6.40. The maximum Gasteiger partial charge on any atom is 0.231 e. The Hall–Kier alpha value is -4.17. The quantitative estimate of drug-likeness (QED) is 0.341. The second kappa shape index (κ2) is 11.3. The predicted octanol–water partition coefficient (Wildman–Crippen LogP) is 4.92. The monoisotopic (exact) mass is 500 g/mol. The SMILES string of the molecule is CN(CCOc1cc(-c2cn[nH]c2)ccc1NC(=O)C1COc2ccc(F)cc2C1)Cc1ccccc1. The molecule has 3 aromatic carbocycles. The topological polar surface area (TPSA) is 79.5 Å². The van der Waals surface area contributed by atoms with Crippen molar-refractivity contribution in [3.05, 3.63) is 96.1 Å². The molecule has 0 aliphatic carbocycles. The smallest absolute Gasteiger partial charge is 0.231 e. The average Bonchev–Trinajstić information content (AvgIpc) is 3.45. The molecular weight excluding hydrogens is 471 g/mol. The second-order valence-electron chi connectivity index (χ2n) is 9.22. The van der Waals surface area contributed by atoms with E-state index >= 15 is 0 Å². The van der Waals surface area contributed by atoms with Crippen molar-refractivity contribution in [3.8, 4) is 22.6 Å². The number of anilines is 1. The number of rotatable bonds is 9. The zero-order valence-corrected chi connectivity index (χ0v) is 20.6. The summed E-state index contributed by atoms with van der Waals surface area (Å²) in [5, 5.41) is 9.85. The molecular formula is C29H29FN4O3. The van der Waals surface area contributed by atoms with Crippen LogP contribution >= 0.6 is 0 Å². The number of halogens is 1. The lowest BCUT2D eigenvalue weighted by Crippen LogP contribution is -2.32. The van der Waals surface area contributed by atoms with Crippen LogP contribution in [0.3, 0.4) is 0 Å². The van der Waals surface area contributed by atoms with Crippen LogP contribution < -0.4 is 14.8 Å². The van der Waals surface area contributed by atoms with E-state index in [1.165, 1.54) is 17.7 Å². The zero-order valence-electron chi connectivity index (χ0n) is 20.6. The number of benzene rings is 3. The Morgan fingerprint density at radius 1 is 1.16 bits per heavy atom. The van der Waals surface area contributed by atoms with E-state index in [1.807, 2.05) is 43.4 Å². The molecule has 190 valence electrons. The Morgan fingerprint density at radius 2 is 2.03 bits per heavy atom. The van der Waals surface area contributed by atoms with Crippen LogP contribution in [0.4, 0.5) is 10.1 Å². The number of amides is 1. The lowest BCUT2D eigenvalue weighted by molar-refractivity contribution is -0.121. The first-order valence-electron chi connectivity index (χ1n) is 12.3. The third-order valence-corrected chi connectivity index (χ3v) is 6.40. The second-order valence-corrected chi connectivity index (χ2v) is 9.22. The van der Waals surface area contributed by atoms with E-state index in [2.05, 4.69) is 32.5 Å². The largest absolute Gasteiger partial charge is 0.492 e.